The number of rotatable bonds is 9. The van der Waals surface area contributed by atoms with Crippen LogP contribution in [0.4, 0.5) is 0 Å². The molecule has 6 heteroatoms. The monoisotopic (exact) mass is 401 g/mol. The van der Waals surface area contributed by atoms with Crippen molar-refractivity contribution in [1.82, 2.24) is 20.4 Å². The first-order valence-corrected chi connectivity index (χ1v) is 11.0. The predicted molar refractivity (Wildman–Crippen MR) is 120 cm³/mol. The third-order valence-electron chi connectivity index (χ3n) is 6.59. The first kappa shape index (κ1) is 22.1. The zero-order valence-electron chi connectivity index (χ0n) is 18.5. The van der Waals surface area contributed by atoms with Crippen molar-refractivity contribution in [2.75, 3.05) is 60.5 Å². The fourth-order valence-electron chi connectivity index (χ4n) is 4.21. The summed E-state index contributed by atoms with van der Waals surface area (Å²) in [6.45, 7) is 8.31. The van der Waals surface area contributed by atoms with Gasteiger partial charge in [-0.1, -0.05) is 30.7 Å². The molecule has 0 spiro atoms. The number of nitrogens with zero attached hydrogens (tertiary/aromatic N) is 3. The molecule has 0 radical (unpaired) electrons. The molecule has 6 nitrogen and oxygen atoms in total. The summed E-state index contributed by atoms with van der Waals surface area (Å²) in [5.41, 5.74) is 3.07. The predicted octanol–water partition coefficient (Wildman–Crippen LogP) is 2.31. The number of hydrogen-bond donors (Lipinski definition) is 2. The van der Waals surface area contributed by atoms with Crippen molar-refractivity contribution in [3.8, 4) is 0 Å². The fourth-order valence-corrected chi connectivity index (χ4v) is 4.21. The average Bonchev–Trinajstić information content (AvgIpc) is 2.72. The summed E-state index contributed by atoms with van der Waals surface area (Å²) >= 11 is 0. The van der Waals surface area contributed by atoms with E-state index in [4.69, 9.17) is 4.74 Å². The highest BCUT2D eigenvalue weighted by molar-refractivity contribution is 5.79. The summed E-state index contributed by atoms with van der Waals surface area (Å²) in [4.78, 5) is 9.34. The van der Waals surface area contributed by atoms with Crippen molar-refractivity contribution in [2.45, 2.75) is 38.8 Å². The van der Waals surface area contributed by atoms with Crippen LogP contribution in [0.1, 0.15) is 36.8 Å². The number of methoxy groups -OCH3 is 1. The molecule has 162 valence electrons. The van der Waals surface area contributed by atoms with E-state index in [0.29, 0.717) is 5.41 Å². The van der Waals surface area contributed by atoms with E-state index in [9.17, 15) is 0 Å². The highest BCUT2D eigenvalue weighted by atomic mass is 16.5. The molecule has 2 aliphatic rings. The van der Waals surface area contributed by atoms with Gasteiger partial charge in [0, 0.05) is 66.6 Å². The van der Waals surface area contributed by atoms with E-state index in [1.54, 1.807) is 7.11 Å². The number of hydrogen-bond acceptors (Lipinski definition) is 4. The van der Waals surface area contributed by atoms with Crippen molar-refractivity contribution >= 4 is 5.96 Å². The van der Waals surface area contributed by atoms with E-state index in [1.807, 2.05) is 7.05 Å². The number of likely N-dealkylation sites (N-methyl/N-ethyl adjacent to an activating group) is 1. The van der Waals surface area contributed by atoms with Crippen LogP contribution in [0.15, 0.2) is 29.3 Å². The Morgan fingerprint density at radius 3 is 2.34 bits per heavy atom. The molecule has 1 saturated heterocycles. The van der Waals surface area contributed by atoms with E-state index < -0.39 is 0 Å². The second-order valence-corrected chi connectivity index (χ2v) is 8.77. The average molecular weight is 402 g/mol. The smallest absolute Gasteiger partial charge is 0.191 e. The van der Waals surface area contributed by atoms with Crippen molar-refractivity contribution in [2.24, 2.45) is 10.4 Å². The lowest BCUT2D eigenvalue weighted by Gasteiger charge is -2.42. The lowest BCUT2D eigenvalue weighted by molar-refractivity contribution is 0.0732. The van der Waals surface area contributed by atoms with Gasteiger partial charge in [-0.3, -0.25) is 9.89 Å². The molecule has 1 aliphatic heterocycles. The Hall–Kier alpha value is -1.63. The van der Waals surface area contributed by atoms with Crippen molar-refractivity contribution in [1.29, 1.82) is 0 Å². The first-order valence-electron chi connectivity index (χ1n) is 11.0. The maximum absolute atomic E-state index is 5.30. The fraction of sp³-hybridized carbons (Fsp3) is 0.696. The van der Waals surface area contributed by atoms with Crippen LogP contribution in [0.5, 0.6) is 0 Å². The highest BCUT2D eigenvalue weighted by Gasteiger charge is 2.36. The Bertz CT molecular complexity index is 633. The topological polar surface area (TPSA) is 52.1 Å². The Morgan fingerprint density at radius 2 is 1.76 bits per heavy atom. The molecule has 2 fully saturated rings. The Balaban J connectivity index is 1.41. The summed E-state index contributed by atoms with van der Waals surface area (Å²) in [5, 5.41) is 6.99. The summed E-state index contributed by atoms with van der Waals surface area (Å²) < 4.78 is 5.30. The van der Waals surface area contributed by atoms with Crippen LogP contribution >= 0.6 is 0 Å². The van der Waals surface area contributed by atoms with Gasteiger partial charge in [0.15, 0.2) is 5.96 Å². The molecule has 1 aromatic carbocycles. The van der Waals surface area contributed by atoms with Crippen LogP contribution in [0.2, 0.25) is 0 Å². The van der Waals surface area contributed by atoms with Crippen LogP contribution in [0.3, 0.4) is 0 Å². The minimum absolute atomic E-state index is 0.387. The largest absolute Gasteiger partial charge is 0.385 e. The maximum atomic E-state index is 5.30. The second-order valence-electron chi connectivity index (χ2n) is 8.77. The van der Waals surface area contributed by atoms with Gasteiger partial charge in [-0.25, -0.2) is 0 Å². The summed E-state index contributed by atoms with van der Waals surface area (Å²) in [6.07, 6.45) is 5.03. The standard InChI is InChI=1S/C23H39N5O/c1-24-22(26-19-23(9-4-10-23)11-16-29-3)25-17-20-5-7-21(8-6-20)18-28-14-12-27(2)13-15-28/h5-8H,4,9-19H2,1-3H3,(H2,24,25,26). The van der Waals surface area contributed by atoms with Gasteiger partial charge in [-0.2, -0.15) is 0 Å². The third-order valence-corrected chi connectivity index (χ3v) is 6.59. The van der Waals surface area contributed by atoms with Gasteiger partial charge in [-0.05, 0) is 42.9 Å². The van der Waals surface area contributed by atoms with Gasteiger partial charge in [-0.15, -0.1) is 0 Å². The van der Waals surface area contributed by atoms with Gasteiger partial charge < -0.3 is 20.3 Å². The van der Waals surface area contributed by atoms with Crippen LogP contribution in [-0.2, 0) is 17.8 Å². The SMILES string of the molecule is CN=C(NCc1ccc(CN2CCN(C)CC2)cc1)NCC1(CCOC)CCC1. The minimum atomic E-state index is 0.387. The number of aliphatic imine (C=N–C) groups is 1. The number of guanidine groups is 1. The Kier molecular flexibility index (Phi) is 8.33. The number of piperazine rings is 1. The summed E-state index contributed by atoms with van der Waals surface area (Å²) in [6, 6.07) is 8.99. The van der Waals surface area contributed by atoms with Crippen LogP contribution in [0.25, 0.3) is 0 Å². The molecule has 3 rings (SSSR count). The molecule has 0 amide bonds. The summed E-state index contributed by atoms with van der Waals surface area (Å²) in [5.74, 6) is 0.884. The van der Waals surface area contributed by atoms with Gasteiger partial charge in [0.25, 0.3) is 0 Å². The van der Waals surface area contributed by atoms with E-state index >= 15 is 0 Å². The van der Waals surface area contributed by atoms with Crippen molar-refractivity contribution in [3.05, 3.63) is 35.4 Å². The van der Waals surface area contributed by atoms with E-state index in [0.717, 1.165) is 51.7 Å². The lowest BCUT2D eigenvalue weighted by Crippen LogP contribution is -2.46. The number of ether oxygens (including phenoxy) is 1. The van der Waals surface area contributed by atoms with Crippen LogP contribution in [-0.4, -0.2) is 76.3 Å². The molecule has 1 aromatic rings. The van der Waals surface area contributed by atoms with E-state index in [1.165, 1.54) is 43.5 Å². The Labute approximate surface area is 176 Å². The normalized spacial score (nSPS) is 20.3. The second kappa shape index (κ2) is 11.0. The van der Waals surface area contributed by atoms with Crippen LogP contribution < -0.4 is 10.6 Å². The number of benzene rings is 1. The molecule has 1 heterocycles. The molecule has 2 N–H and O–H groups in total. The zero-order chi connectivity index (χ0) is 20.5. The molecular formula is C23H39N5O. The molecule has 0 bridgehead atoms. The minimum Gasteiger partial charge on any atom is -0.385 e. The molecular weight excluding hydrogens is 362 g/mol. The van der Waals surface area contributed by atoms with Crippen molar-refractivity contribution in [3.63, 3.8) is 0 Å². The van der Waals surface area contributed by atoms with E-state index in [2.05, 4.69) is 56.7 Å². The molecule has 1 saturated carbocycles. The molecule has 29 heavy (non-hydrogen) atoms. The molecule has 0 atom stereocenters. The third kappa shape index (κ3) is 6.69. The van der Waals surface area contributed by atoms with Gasteiger partial charge in [0.05, 0.1) is 0 Å². The molecule has 0 unspecified atom stereocenters. The van der Waals surface area contributed by atoms with Crippen LogP contribution in [0, 0.1) is 5.41 Å². The van der Waals surface area contributed by atoms with Gasteiger partial charge in [0.2, 0.25) is 0 Å². The lowest BCUT2D eigenvalue weighted by atomic mass is 9.67. The molecule has 0 aromatic heterocycles. The summed E-state index contributed by atoms with van der Waals surface area (Å²) in [7, 11) is 5.83. The number of nitrogens with one attached hydrogen (secondary N) is 2. The van der Waals surface area contributed by atoms with E-state index in [-0.39, 0.29) is 0 Å². The van der Waals surface area contributed by atoms with Gasteiger partial charge >= 0.3 is 0 Å². The van der Waals surface area contributed by atoms with Crippen molar-refractivity contribution < 1.29 is 4.74 Å². The quantitative estimate of drug-likeness (QED) is 0.491. The first-order chi connectivity index (χ1) is 14.1. The Morgan fingerprint density at radius 1 is 1.07 bits per heavy atom. The maximum Gasteiger partial charge on any atom is 0.191 e. The highest BCUT2D eigenvalue weighted by Crippen LogP contribution is 2.43. The molecule has 1 aliphatic carbocycles. The zero-order valence-corrected chi connectivity index (χ0v) is 18.5. The van der Waals surface area contributed by atoms with Gasteiger partial charge in [0.1, 0.15) is 0 Å².